The molecule has 0 bridgehead atoms. The number of H-pyrrole nitrogens is 1. The summed E-state index contributed by atoms with van der Waals surface area (Å²) in [6.45, 7) is 2.28. The van der Waals surface area contributed by atoms with Crippen molar-refractivity contribution < 1.29 is 14.4 Å². The van der Waals surface area contributed by atoms with E-state index in [9.17, 15) is 10.1 Å². The Hall–Kier alpha value is -3.29. The predicted octanol–water partition coefficient (Wildman–Crippen LogP) is 3.52. The van der Waals surface area contributed by atoms with Crippen LogP contribution in [0.4, 0.5) is 11.4 Å². The molecule has 0 aliphatic rings. The van der Waals surface area contributed by atoms with Crippen LogP contribution < -0.4 is 15.2 Å². The molecule has 130 valence electrons. The van der Waals surface area contributed by atoms with Gasteiger partial charge in [-0.15, -0.1) is 0 Å². The summed E-state index contributed by atoms with van der Waals surface area (Å²) < 4.78 is 10.8. The molecule has 3 aromatic rings. The van der Waals surface area contributed by atoms with Crippen LogP contribution in [-0.4, -0.2) is 28.6 Å². The Bertz CT molecular complexity index is 936. The number of hydrogen-bond donors (Lipinski definition) is 2. The van der Waals surface area contributed by atoms with Crippen LogP contribution in [0.25, 0.3) is 22.4 Å². The van der Waals surface area contributed by atoms with Gasteiger partial charge in [0.2, 0.25) is 5.75 Å². The number of anilines is 1. The summed E-state index contributed by atoms with van der Waals surface area (Å²) in [5, 5.41) is 11.5. The zero-order valence-corrected chi connectivity index (χ0v) is 13.9. The molecule has 0 amide bonds. The number of nitro groups is 1. The average molecular weight is 342 g/mol. The maximum Gasteiger partial charge on any atom is 0.315 e. The van der Waals surface area contributed by atoms with Crippen molar-refractivity contribution in [1.29, 1.82) is 0 Å². The van der Waals surface area contributed by atoms with E-state index in [1.165, 1.54) is 13.2 Å². The summed E-state index contributed by atoms with van der Waals surface area (Å²) in [4.78, 5) is 18.6. The van der Waals surface area contributed by atoms with Crippen molar-refractivity contribution in [3.63, 3.8) is 0 Å². The van der Waals surface area contributed by atoms with E-state index in [1.54, 1.807) is 24.3 Å². The largest absolute Gasteiger partial charge is 0.493 e. The van der Waals surface area contributed by atoms with Gasteiger partial charge in [-0.1, -0.05) is 6.92 Å². The molecule has 0 aliphatic carbocycles. The summed E-state index contributed by atoms with van der Waals surface area (Å²) in [6.07, 6.45) is 0.729. The average Bonchev–Trinajstić information content (AvgIpc) is 3.02. The van der Waals surface area contributed by atoms with Crippen LogP contribution in [0.2, 0.25) is 0 Å². The third-order valence-corrected chi connectivity index (χ3v) is 3.68. The molecule has 25 heavy (non-hydrogen) atoms. The van der Waals surface area contributed by atoms with Crippen LogP contribution >= 0.6 is 0 Å². The Morgan fingerprint density at radius 3 is 2.80 bits per heavy atom. The van der Waals surface area contributed by atoms with Gasteiger partial charge in [0.1, 0.15) is 5.82 Å². The van der Waals surface area contributed by atoms with Gasteiger partial charge in [-0.25, -0.2) is 4.98 Å². The van der Waals surface area contributed by atoms with Crippen molar-refractivity contribution in [3.8, 4) is 22.9 Å². The molecule has 0 aliphatic heterocycles. The van der Waals surface area contributed by atoms with E-state index >= 15 is 0 Å². The lowest BCUT2D eigenvalue weighted by Gasteiger charge is -2.11. The van der Waals surface area contributed by atoms with Crippen LogP contribution in [0.1, 0.15) is 13.3 Å². The number of benzene rings is 2. The molecule has 1 aromatic heterocycles. The number of nitro benzene ring substituents is 1. The van der Waals surface area contributed by atoms with E-state index < -0.39 is 4.92 Å². The molecule has 8 heteroatoms. The first kappa shape index (κ1) is 16.6. The SMILES string of the molecule is CCCOc1c(OC)cc(-c2nc3ccc(N)cc3[nH]2)cc1[N+](=O)[O-]. The fraction of sp³-hybridized carbons (Fsp3) is 0.235. The molecule has 8 nitrogen and oxygen atoms in total. The van der Waals surface area contributed by atoms with Crippen LogP contribution in [0.15, 0.2) is 30.3 Å². The second-order valence-electron chi connectivity index (χ2n) is 5.49. The lowest BCUT2D eigenvalue weighted by molar-refractivity contribution is -0.385. The molecule has 0 saturated heterocycles. The molecule has 0 radical (unpaired) electrons. The second-order valence-corrected chi connectivity index (χ2v) is 5.49. The summed E-state index contributed by atoms with van der Waals surface area (Å²) >= 11 is 0. The van der Waals surface area contributed by atoms with Gasteiger partial charge in [0.25, 0.3) is 0 Å². The number of methoxy groups -OCH3 is 1. The number of aromatic amines is 1. The molecule has 1 heterocycles. The maximum atomic E-state index is 11.5. The lowest BCUT2D eigenvalue weighted by Crippen LogP contribution is -2.02. The van der Waals surface area contributed by atoms with E-state index in [0.717, 1.165) is 17.5 Å². The summed E-state index contributed by atoms with van der Waals surface area (Å²) in [5.41, 5.74) is 8.22. The van der Waals surface area contributed by atoms with Crippen LogP contribution in [-0.2, 0) is 0 Å². The van der Waals surface area contributed by atoms with Crippen LogP contribution in [0.5, 0.6) is 11.5 Å². The highest BCUT2D eigenvalue weighted by atomic mass is 16.6. The molecule has 0 spiro atoms. The predicted molar refractivity (Wildman–Crippen MR) is 94.9 cm³/mol. The highest BCUT2D eigenvalue weighted by Gasteiger charge is 2.23. The Labute approximate surface area is 143 Å². The van der Waals surface area contributed by atoms with E-state index in [2.05, 4.69) is 9.97 Å². The van der Waals surface area contributed by atoms with Crippen molar-refractivity contribution >= 4 is 22.4 Å². The number of fused-ring (bicyclic) bond motifs is 1. The first-order valence-electron chi connectivity index (χ1n) is 7.78. The zero-order valence-electron chi connectivity index (χ0n) is 13.9. The van der Waals surface area contributed by atoms with Crippen LogP contribution in [0.3, 0.4) is 0 Å². The number of nitrogens with one attached hydrogen (secondary N) is 1. The van der Waals surface area contributed by atoms with E-state index in [-0.39, 0.29) is 17.2 Å². The molecule has 0 saturated carbocycles. The fourth-order valence-corrected chi connectivity index (χ4v) is 2.52. The number of rotatable bonds is 6. The number of nitrogen functional groups attached to an aromatic ring is 1. The van der Waals surface area contributed by atoms with E-state index in [1.807, 2.05) is 6.92 Å². The van der Waals surface area contributed by atoms with Crippen molar-refractivity contribution in [3.05, 3.63) is 40.4 Å². The molecule has 0 fully saturated rings. The molecule has 3 rings (SSSR count). The third-order valence-electron chi connectivity index (χ3n) is 3.68. The minimum Gasteiger partial charge on any atom is -0.493 e. The summed E-state index contributed by atoms with van der Waals surface area (Å²) in [7, 11) is 1.45. The van der Waals surface area contributed by atoms with E-state index in [0.29, 0.717) is 23.7 Å². The monoisotopic (exact) mass is 342 g/mol. The molecule has 2 aromatic carbocycles. The van der Waals surface area contributed by atoms with Crippen LogP contribution in [0, 0.1) is 10.1 Å². The van der Waals surface area contributed by atoms with Gasteiger partial charge in [-0.3, -0.25) is 10.1 Å². The zero-order chi connectivity index (χ0) is 18.0. The van der Waals surface area contributed by atoms with Gasteiger partial charge < -0.3 is 20.2 Å². The molecule has 0 atom stereocenters. The maximum absolute atomic E-state index is 11.5. The first-order chi connectivity index (χ1) is 12.0. The number of hydrogen-bond acceptors (Lipinski definition) is 6. The molecular formula is C17H18N4O4. The Morgan fingerprint density at radius 2 is 2.12 bits per heavy atom. The van der Waals surface area contributed by atoms with E-state index in [4.69, 9.17) is 15.2 Å². The van der Waals surface area contributed by atoms with Gasteiger partial charge in [-0.2, -0.15) is 0 Å². The molecule has 3 N–H and O–H groups in total. The van der Waals surface area contributed by atoms with Gasteiger partial charge >= 0.3 is 5.69 Å². The van der Waals surface area contributed by atoms with Gasteiger partial charge in [0.05, 0.1) is 29.7 Å². The van der Waals surface area contributed by atoms with Gasteiger partial charge in [0, 0.05) is 17.3 Å². The fourth-order valence-electron chi connectivity index (χ4n) is 2.52. The highest BCUT2D eigenvalue weighted by Crippen LogP contribution is 2.41. The topological polar surface area (TPSA) is 116 Å². The van der Waals surface area contributed by atoms with Crippen molar-refractivity contribution in [2.24, 2.45) is 0 Å². The Morgan fingerprint density at radius 1 is 1.32 bits per heavy atom. The highest BCUT2D eigenvalue weighted by molar-refractivity contribution is 5.83. The van der Waals surface area contributed by atoms with Crippen molar-refractivity contribution in [1.82, 2.24) is 9.97 Å². The summed E-state index contributed by atoms with van der Waals surface area (Å²) in [6, 6.07) is 8.39. The smallest absolute Gasteiger partial charge is 0.315 e. The van der Waals surface area contributed by atoms with Crippen molar-refractivity contribution in [2.45, 2.75) is 13.3 Å². The minimum atomic E-state index is -0.488. The Balaban J connectivity index is 2.14. The van der Waals surface area contributed by atoms with Crippen molar-refractivity contribution in [2.75, 3.05) is 19.5 Å². The van der Waals surface area contributed by atoms with Gasteiger partial charge in [0.15, 0.2) is 5.75 Å². The lowest BCUT2D eigenvalue weighted by atomic mass is 10.1. The first-order valence-corrected chi connectivity index (χ1v) is 7.78. The Kier molecular flexibility index (Phi) is 4.42. The van der Waals surface area contributed by atoms with Gasteiger partial charge in [-0.05, 0) is 30.7 Å². The number of nitrogens with zero attached hydrogens (tertiary/aromatic N) is 2. The third kappa shape index (κ3) is 3.18. The molecular weight excluding hydrogens is 324 g/mol. The standard InChI is InChI=1S/C17H18N4O4/c1-3-6-25-16-14(21(22)23)7-10(8-15(16)24-2)17-19-12-5-4-11(18)9-13(12)20-17/h4-5,7-9H,3,6,18H2,1-2H3,(H,19,20). The number of imidazole rings is 1. The quantitative estimate of drug-likeness (QED) is 0.402. The second kappa shape index (κ2) is 6.68. The molecule has 0 unspecified atom stereocenters. The number of nitrogens with two attached hydrogens (primary N) is 1. The number of aromatic nitrogens is 2. The summed E-state index contributed by atoms with van der Waals surface area (Å²) in [5.74, 6) is 0.903. The number of ether oxygens (including phenoxy) is 2. The minimum absolute atomic E-state index is 0.124. The normalized spacial score (nSPS) is 10.8.